The van der Waals surface area contributed by atoms with Crippen LogP contribution in [0.4, 0.5) is 11.8 Å². The second-order valence-corrected chi connectivity index (χ2v) is 7.92. The molecular formula is C20H24N6O2S. The molecule has 2 N–H and O–H groups in total. The molecule has 1 fully saturated rings. The second-order valence-electron chi connectivity index (χ2n) is 6.98. The number of rotatable bonds is 7. The fourth-order valence-electron chi connectivity index (χ4n) is 3.27. The van der Waals surface area contributed by atoms with Crippen LogP contribution in [0.1, 0.15) is 35.4 Å². The SMILES string of the molecule is Cc1cc(N2CCCCC2)nc(NCCNC(=O)c2cc(-c3cccs3)on2)n1. The Hall–Kier alpha value is -2.94. The number of hydrogen-bond donors (Lipinski definition) is 2. The molecule has 0 radical (unpaired) electrons. The molecule has 9 heteroatoms. The lowest BCUT2D eigenvalue weighted by Crippen LogP contribution is -2.31. The number of carbonyl (C=O) groups excluding carboxylic acids is 1. The first-order valence-electron chi connectivity index (χ1n) is 9.82. The van der Waals surface area contributed by atoms with E-state index in [1.807, 2.05) is 30.5 Å². The summed E-state index contributed by atoms with van der Waals surface area (Å²) in [6, 6.07) is 7.53. The Bertz CT molecular complexity index is 950. The van der Waals surface area contributed by atoms with E-state index in [4.69, 9.17) is 4.52 Å². The third-order valence-corrected chi connectivity index (χ3v) is 5.61. The van der Waals surface area contributed by atoms with Gasteiger partial charge in [0.05, 0.1) is 4.88 Å². The predicted molar refractivity (Wildman–Crippen MR) is 113 cm³/mol. The van der Waals surface area contributed by atoms with E-state index in [0.29, 0.717) is 24.8 Å². The zero-order chi connectivity index (χ0) is 20.1. The quantitative estimate of drug-likeness (QED) is 0.575. The molecule has 4 rings (SSSR count). The van der Waals surface area contributed by atoms with Gasteiger partial charge in [0.2, 0.25) is 5.95 Å². The number of hydrogen-bond acceptors (Lipinski definition) is 8. The Kier molecular flexibility index (Phi) is 6.04. The van der Waals surface area contributed by atoms with Crippen LogP contribution >= 0.6 is 11.3 Å². The molecule has 0 bridgehead atoms. The predicted octanol–water partition coefficient (Wildman–Crippen LogP) is 3.33. The molecule has 0 aromatic carbocycles. The summed E-state index contributed by atoms with van der Waals surface area (Å²) >= 11 is 1.54. The average Bonchev–Trinajstić information content (AvgIpc) is 3.43. The summed E-state index contributed by atoms with van der Waals surface area (Å²) in [6.07, 6.45) is 3.69. The van der Waals surface area contributed by atoms with Crippen LogP contribution in [0.25, 0.3) is 10.6 Å². The Balaban J connectivity index is 1.28. The van der Waals surface area contributed by atoms with E-state index in [-0.39, 0.29) is 11.6 Å². The summed E-state index contributed by atoms with van der Waals surface area (Å²) < 4.78 is 5.25. The molecule has 8 nitrogen and oxygen atoms in total. The number of nitrogens with one attached hydrogen (secondary N) is 2. The third-order valence-electron chi connectivity index (χ3n) is 4.72. The van der Waals surface area contributed by atoms with Gasteiger partial charge >= 0.3 is 0 Å². The molecule has 0 aliphatic carbocycles. The van der Waals surface area contributed by atoms with Crippen LogP contribution in [0, 0.1) is 6.92 Å². The van der Waals surface area contributed by atoms with E-state index in [9.17, 15) is 4.79 Å². The van der Waals surface area contributed by atoms with Crippen molar-refractivity contribution in [1.29, 1.82) is 0 Å². The molecule has 4 heterocycles. The highest BCUT2D eigenvalue weighted by Crippen LogP contribution is 2.25. The molecular weight excluding hydrogens is 388 g/mol. The van der Waals surface area contributed by atoms with Crippen LogP contribution in [-0.4, -0.2) is 47.2 Å². The van der Waals surface area contributed by atoms with Crippen molar-refractivity contribution in [2.24, 2.45) is 0 Å². The number of thiophene rings is 1. The van der Waals surface area contributed by atoms with E-state index < -0.39 is 0 Å². The minimum Gasteiger partial charge on any atom is -0.356 e. The number of amides is 1. The summed E-state index contributed by atoms with van der Waals surface area (Å²) in [4.78, 5) is 24.6. The normalized spacial score (nSPS) is 14.0. The van der Waals surface area contributed by atoms with E-state index in [1.165, 1.54) is 30.6 Å². The molecule has 0 saturated carbocycles. The molecule has 0 unspecified atom stereocenters. The molecule has 152 valence electrons. The van der Waals surface area contributed by atoms with Gasteiger partial charge in [0.25, 0.3) is 5.91 Å². The van der Waals surface area contributed by atoms with Crippen molar-refractivity contribution < 1.29 is 9.32 Å². The van der Waals surface area contributed by atoms with Crippen molar-refractivity contribution in [3.8, 4) is 10.6 Å². The highest BCUT2D eigenvalue weighted by Gasteiger charge is 2.15. The Labute approximate surface area is 173 Å². The highest BCUT2D eigenvalue weighted by atomic mass is 32.1. The number of carbonyl (C=O) groups is 1. The van der Waals surface area contributed by atoms with Gasteiger partial charge in [-0.15, -0.1) is 11.3 Å². The molecule has 1 aliphatic rings. The molecule has 3 aromatic rings. The van der Waals surface area contributed by atoms with Crippen LogP contribution in [-0.2, 0) is 0 Å². The number of anilines is 2. The first kappa shape index (κ1) is 19.4. The van der Waals surface area contributed by atoms with Crippen LogP contribution in [0.2, 0.25) is 0 Å². The van der Waals surface area contributed by atoms with Crippen molar-refractivity contribution in [2.45, 2.75) is 26.2 Å². The largest absolute Gasteiger partial charge is 0.356 e. The lowest BCUT2D eigenvalue weighted by atomic mass is 10.1. The maximum Gasteiger partial charge on any atom is 0.273 e. The van der Waals surface area contributed by atoms with Crippen LogP contribution < -0.4 is 15.5 Å². The van der Waals surface area contributed by atoms with Gasteiger partial charge in [-0.05, 0) is 37.6 Å². The first-order chi connectivity index (χ1) is 14.2. The molecule has 3 aromatic heterocycles. The van der Waals surface area contributed by atoms with E-state index >= 15 is 0 Å². The van der Waals surface area contributed by atoms with Gasteiger partial charge in [-0.1, -0.05) is 11.2 Å². The van der Waals surface area contributed by atoms with Crippen molar-refractivity contribution >= 4 is 29.0 Å². The Morgan fingerprint density at radius 1 is 1.21 bits per heavy atom. The number of nitrogens with zero attached hydrogens (tertiary/aromatic N) is 4. The van der Waals surface area contributed by atoms with E-state index in [1.54, 1.807) is 6.07 Å². The van der Waals surface area contributed by atoms with Gasteiger partial charge in [0.1, 0.15) is 5.82 Å². The Morgan fingerprint density at radius 2 is 2.07 bits per heavy atom. The standard InChI is InChI=1S/C20H24N6O2S/c1-14-12-18(26-9-3-2-4-10-26)24-20(23-14)22-8-7-21-19(27)15-13-16(28-25-15)17-6-5-11-29-17/h5-6,11-13H,2-4,7-10H2,1H3,(H,21,27)(H,22,23,24). The summed E-state index contributed by atoms with van der Waals surface area (Å²) in [5.74, 6) is 1.88. The summed E-state index contributed by atoms with van der Waals surface area (Å²) in [5, 5.41) is 11.8. The van der Waals surface area contributed by atoms with Crippen LogP contribution in [0.5, 0.6) is 0 Å². The number of aryl methyl sites for hydroxylation is 1. The minimum atomic E-state index is -0.266. The molecule has 0 atom stereocenters. The van der Waals surface area contributed by atoms with Gasteiger partial charge in [-0.3, -0.25) is 4.79 Å². The van der Waals surface area contributed by atoms with Crippen LogP contribution in [0.15, 0.2) is 34.2 Å². The molecule has 1 saturated heterocycles. The monoisotopic (exact) mass is 412 g/mol. The minimum absolute atomic E-state index is 0.266. The zero-order valence-corrected chi connectivity index (χ0v) is 17.2. The zero-order valence-electron chi connectivity index (χ0n) is 16.4. The van der Waals surface area contributed by atoms with Gasteiger partial charge in [-0.2, -0.15) is 4.98 Å². The lowest BCUT2D eigenvalue weighted by molar-refractivity contribution is 0.0946. The molecule has 0 spiro atoms. The first-order valence-corrected chi connectivity index (χ1v) is 10.7. The second kappa shape index (κ2) is 9.04. The molecule has 1 aliphatic heterocycles. The van der Waals surface area contributed by atoms with Crippen molar-refractivity contribution in [3.63, 3.8) is 0 Å². The number of piperidine rings is 1. The van der Waals surface area contributed by atoms with E-state index in [0.717, 1.165) is 29.5 Å². The fourth-order valence-corrected chi connectivity index (χ4v) is 3.95. The van der Waals surface area contributed by atoms with Gasteiger partial charge in [0.15, 0.2) is 11.5 Å². The van der Waals surface area contributed by atoms with Crippen LogP contribution in [0.3, 0.4) is 0 Å². The van der Waals surface area contributed by atoms with Crippen molar-refractivity contribution in [2.75, 3.05) is 36.4 Å². The summed E-state index contributed by atoms with van der Waals surface area (Å²) in [6.45, 7) is 4.99. The van der Waals surface area contributed by atoms with Gasteiger partial charge < -0.3 is 20.1 Å². The topological polar surface area (TPSA) is 96.2 Å². The average molecular weight is 413 g/mol. The van der Waals surface area contributed by atoms with Gasteiger partial charge in [0, 0.05) is 44.0 Å². The molecule has 29 heavy (non-hydrogen) atoms. The Morgan fingerprint density at radius 3 is 2.86 bits per heavy atom. The summed E-state index contributed by atoms with van der Waals surface area (Å²) in [7, 11) is 0. The van der Waals surface area contributed by atoms with E-state index in [2.05, 4.69) is 30.7 Å². The third kappa shape index (κ3) is 4.92. The smallest absolute Gasteiger partial charge is 0.273 e. The summed E-state index contributed by atoms with van der Waals surface area (Å²) in [5.41, 5.74) is 1.20. The van der Waals surface area contributed by atoms with Gasteiger partial charge in [-0.25, -0.2) is 4.98 Å². The van der Waals surface area contributed by atoms with Crippen molar-refractivity contribution in [3.05, 3.63) is 41.0 Å². The number of aromatic nitrogens is 3. The fraction of sp³-hybridized carbons (Fsp3) is 0.400. The lowest BCUT2D eigenvalue weighted by Gasteiger charge is -2.28. The highest BCUT2D eigenvalue weighted by molar-refractivity contribution is 7.13. The maximum atomic E-state index is 12.3. The maximum absolute atomic E-state index is 12.3. The molecule has 1 amide bonds. The van der Waals surface area contributed by atoms with Crippen molar-refractivity contribution in [1.82, 2.24) is 20.4 Å².